The van der Waals surface area contributed by atoms with Crippen LogP contribution in [-0.2, 0) is 9.53 Å². The highest BCUT2D eigenvalue weighted by Gasteiger charge is 2.28. The summed E-state index contributed by atoms with van der Waals surface area (Å²) in [4.78, 5) is 15.9. The van der Waals surface area contributed by atoms with Crippen LogP contribution < -0.4 is 10.1 Å². The second kappa shape index (κ2) is 13.7. The van der Waals surface area contributed by atoms with Gasteiger partial charge in [-0.1, -0.05) is 26.8 Å². The van der Waals surface area contributed by atoms with E-state index in [0.717, 1.165) is 18.7 Å². The Morgan fingerprint density at radius 1 is 1.28 bits per heavy atom. The topological polar surface area (TPSA) is 80.7 Å². The first-order chi connectivity index (χ1) is 15.3. The summed E-state index contributed by atoms with van der Waals surface area (Å²) in [6.45, 7) is 7.59. The predicted octanol–water partition coefficient (Wildman–Crippen LogP) is 4.82. The third kappa shape index (κ3) is 7.80. The van der Waals surface area contributed by atoms with Crippen molar-refractivity contribution >= 4 is 11.6 Å². The molecule has 178 valence electrons. The molecule has 2 heterocycles. The van der Waals surface area contributed by atoms with E-state index in [2.05, 4.69) is 15.0 Å². The number of carbonyl (C=O) groups excluding carboxylic acids is 1. The van der Waals surface area contributed by atoms with Crippen molar-refractivity contribution in [3.05, 3.63) is 53.6 Å². The number of benzene rings is 1. The van der Waals surface area contributed by atoms with Gasteiger partial charge in [-0.15, -0.1) is 0 Å². The molecule has 0 spiro atoms. The Hall–Kier alpha value is -2.65. The van der Waals surface area contributed by atoms with Gasteiger partial charge in [0.1, 0.15) is 6.10 Å². The summed E-state index contributed by atoms with van der Waals surface area (Å²) >= 11 is 0. The van der Waals surface area contributed by atoms with Crippen molar-refractivity contribution in [2.45, 2.75) is 58.7 Å². The molecule has 1 amide bonds. The van der Waals surface area contributed by atoms with Crippen LogP contribution in [0.3, 0.4) is 0 Å². The maximum absolute atomic E-state index is 13.7. The molecule has 0 aliphatic carbocycles. The Labute approximate surface area is 186 Å². The number of methoxy groups -OCH3 is 1. The van der Waals surface area contributed by atoms with Gasteiger partial charge in [0.25, 0.3) is 5.91 Å². The van der Waals surface area contributed by atoms with Crippen LogP contribution in [0, 0.1) is 17.5 Å². The van der Waals surface area contributed by atoms with Gasteiger partial charge in [-0.3, -0.25) is 9.78 Å². The quantitative estimate of drug-likeness (QED) is 0.674. The number of aromatic nitrogens is 1. The van der Waals surface area contributed by atoms with E-state index in [-0.39, 0.29) is 36.0 Å². The maximum Gasteiger partial charge on any atom is 0.253 e. The first kappa shape index (κ1) is 27.4. The fourth-order valence-corrected chi connectivity index (χ4v) is 2.76. The molecule has 3 atom stereocenters. The highest BCUT2D eigenvalue weighted by atomic mass is 19.2. The molecule has 3 rings (SSSR count). The van der Waals surface area contributed by atoms with Crippen molar-refractivity contribution < 1.29 is 32.5 Å². The number of ether oxygens (including phenoxy) is 2. The number of amides is 1. The molecule has 0 saturated carbocycles. The molecule has 0 radical (unpaired) electrons. The second-order valence-electron chi connectivity index (χ2n) is 6.93. The number of hydrogen-bond acceptors (Lipinski definition) is 5. The molecule has 2 unspecified atom stereocenters. The predicted molar refractivity (Wildman–Crippen MR) is 116 cm³/mol. The molecule has 9 heteroatoms. The van der Waals surface area contributed by atoms with E-state index < -0.39 is 23.6 Å². The lowest BCUT2D eigenvalue weighted by Crippen LogP contribution is -2.28. The van der Waals surface area contributed by atoms with Crippen LogP contribution in [0.5, 0.6) is 5.75 Å². The van der Waals surface area contributed by atoms with Gasteiger partial charge in [0.2, 0.25) is 5.82 Å². The molecule has 1 fully saturated rings. The molecule has 1 saturated heterocycles. The number of hydrogen-bond donors (Lipinski definition) is 2. The van der Waals surface area contributed by atoms with Gasteiger partial charge in [0, 0.05) is 11.6 Å². The zero-order chi connectivity index (χ0) is 24.3. The van der Waals surface area contributed by atoms with Crippen molar-refractivity contribution in [3.63, 3.8) is 0 Å². The fourth-order valence-electron chi connectivity index (χ4n) is 2.76. The number of nitrogens with zero attached hydrogens (tertiary/aromatic N) is 1. The monoisotopic (exact) mass is 456 g/mol. The third-order valence-corrected chi connectivity index (χ3v) is 4.57. The molecule has 2 N–H and O–H groups in total. The third-order valence-electron chi connectivity index (χ3n) is 4.57. The summed E-state index contributed by atoms with van der Waals surface area (Å²) in [6, 6.07) is 5.24. The van der Waals surface area contributed by atoms with E-state index >= 15 is 0 Å². The van der Waals surface area contributed by atoms with E-state index in [1.54, 1.807) is 6.92 Å². The summed E-state index contributed by atoms with van der Waals surface area (Å²) in [5, 5.41) is 11.6. The largest absolute Gasteiger partial charge is 0.494 e. The summed E-state index contributed by atoms with van der Waals surface area (Å²) in [7, 11) is 1.29. The minimum absolute atomic E-state index is 0.0537. The van der Waals surface area contributed by atoms with Gasteiger partial charge in [0.15, 0.2) is 17.4 Å². The maximum atomic E-state index is 13.7. The van der Waals surface area contributed by atoms with Crippen LogP contribution in [0.2, 0.25) is 0 Å². The zero-order valence-electron chi connectivity index (χ0n) is 19.0. The standard InChI is InChI=1S/C14H19FN2O3.C7H6F2O.C2H6/c1-8(7-18)11-5-12(10(15)6-16-11)17-14(19)13-4-3-9(2)20-13;1-10-6-4-2-3-5(8)7(6)9;1-2/h5-6,8-9,13,18H,3-4,7H2,1-2H3,(H,16,17,19);2-4H,1H3;1-2H3/t8?,9?,13-;;/m1../s1. The van der Waals surface area contributed by atoms with Crippen LogP contribution in [0.1, 0.15) is 52.1 Å². The van der Waals surface area contributed by atoms with Gasteiger partial charge in [0.05, 0.1) is 31.7 Å². The van der Waals surface area contributed by atoms with Crippen molar-refractivity contribution in [1.29, 1.82) is 0 Å². The van der Waals surface area contributed by atoms with E-state index in [4.69, 9.17) is 9.84 Å². The van der Waals surface area contributed by atoms with Crippen LogP contribution in [0.4, 0.5) is 18.9 Å². The average Bonchev–Trinajstić information content (AvgIpc) is 3.25. The number of rotatable bonds is 5. The number of nitrogens with one attached hydrogen (secondary N) is 1. The Bertz CT molecular complexity index is 867. The molecule has 6 nitrogen and oxygen atoms in total. The van der Waals surface area contributed by atoms with Crippen LogP contribution in [0.15, 0.2) is 30.5 Å². The summed E-state index contributed by atoms with van der Waals surface area (Å²) in [5.74, 6) is -3.06. The SMILES string of the molecule is CC.CC1CC[C@H](C(=O)Nc2cc(C(C)CO)ncc2F)O1.COc1cccc(F)c1F. The molecular weight excluding hydrogens is 425 g/mol. The average molecular weight is 457 g/mol. The lowest BCUT2D eigenvalue weighted by molar-refractivity contribution is -0.126. The van der Waals surface area contributed by atoms with Gasteiger partial charge in [-0.25, -0.2) is 8.78 Å². The number of aliphatic hydroxyl groups is 1. The van der Waals surface area contributed by atoms with Gasteiger partial charge in [-0.05, 0) is 38.0 Å². The molecule has 0 bridgehead atoms. The molecular formula is C23H31F3N2O4. The zero-order valence-corrected chi connectivity index (χ0v) is 19.0. The Kier molecular flexibility index (Phi) is 11.7. The highest BCUT2D eigenvalue weighted by Crippen LogP contribution is 2.23. The smallest absolute Gasteiger partial charge is 0.253 e. The van der Waals surface area contributed by atoms with Crippen molar-refractivity contribution in [1.82, 2.24) is 4.98 Å². The van der Waals surface area contributed by atoms with Crippen molar-refractivity contribution in [3.8, 4) is 5.75 Å². The Balaban J connectivity index is 0.000000358. The molecule has 1 aliphatic rings. The lowest BCUT2D eigenvalue weighted by atomic mass is 10.1. The molecule has 1 aromatic heterocycles. The number of halogens is 3. The number of carbonyl (C=O) groups is 1. The van der Waals surface area contributed by atoms with E-state index in [0.29, 0.717) is 12.1 Å². The first-order valence-corrected chi connectivity index (χ1v) is 10.5. The first-order valence-electron chi connectivity index (χ1n) is 10.5. The van der Waals surface area contributed by atoms with Crippen LogP contribution in [0.25, 0.3) is 0 Å². The lowest BCUT2D eigenvalue weighted by Gasteiger charge is -2.14. The minimum Gasteiger partial charge on any atom is -0.494 e. The summed E-state index contributed by atoms with van der Waals surface area (Å²) in [5.41, 5.74) is 0.605. The van der Waals surface area contributed by atoms with Gasteiger partial charge < -0.3 is 19.9 Å². The van der Waals surface area contributed by atoms with E-state index in [9.17, 15) is 18.0 Å². The van der Waals surface area contributed by atoms with Crippen molar-refractivity contribution in [2.24, 2.45) is 0 Å². The Morgan fingerprint density at radius 3 is 2.50 bits per heavy atom. The molecule has 32 heavy (non-hydrogen) atoms. The highest BCUT2D eigenvalue weighted by molar-refractivity contribution is 5.94. The molecule has 1 aliphatic heterocycles. The normalized spacial score (nSPS) is 17.9. The Morgan fingerprint density at radius 2 is 1.97 bits per heavy atom. The van der Waals surface area contributed by atoms with Gasteiger partial charge in [-0.2, -0.15) is 4.39 Å². The summed E-state index contributed by atoms with van der Waals surface area (Å²) in [6.07, 6.45) is 2.03. The molecule has 2 aromatic rings. The molecule has 1 aromatic carbocycles. The minimum atomic E-state index is -0.940. The number of pyridine rings is 1. The number of anilines is 1. The van der Waals surface area contributed by atoms with Crippen LogP contribution in [-0.4, -0.2) is 41.9 Å². The van der Waals surface area contributed by atoms with E-state index in [1.165, 1.54) is 25.3 Å². The van der Waals surface area contributed by atoms with Crippen LogP contribution >= 0.6 is 0 Å². The number of aliphatic hydroxyl groups excluding tert-OH is 1. The van der Waals surface area contributed by atoms with E-state index in [1.807, 2.05) is 20.8 Å². The summed E-state index contributed by atoms with van der Waals surface area (Å²) < 4.78 is 48.4. The second-order valence-corrected chi connectivity index (χ2v) is 6.93. The van der Waals surface area contributed by atoms with Gasteiger partial charge >= 0.3 is 0 Å². The van der Waals surface area contributed by atoms with Crippen molar-refractivity contribution in [2.75, 3.05) is 19.0 Å². The fraction of sp³-hybridized carbons (Fsp3) is 0.478.